The molecule has 4 rings (SSSR count). The molecular weight excluding hydrogens is 502 g/mol. The topological polar surface area (TPSA) is 41.0 Å². The number of thiophene rings is 1. The molecule has 3 heterocycles. The van der Waals surface area contributed by atoms with Crippen LogP contribution >= 0.6 is 22.9 Å². The Hall–Kier alpha value is -1.33. The Morgan fingerprint density at radius 1 is 1.06 bits per heavy atom. The quantitative estimate of drug-likeness (QED) is 0.343. The molecule has 2 aromatic heterocycles. The van der Waals surface area contributed by atoms with Crippen LogP contribution in [0.25, 0.3) is 10.2 Å². The average Bonchev–Trinajstić information content (AvgIpc) is 3.15. The van der Waals surface area contributed by atoms with Crippen molar-refractivity contribution in [2.24, 2.45) is 17.8 Å². The van der Waals surface area contributed by atoms with Crippen molar-refractivity contribution in [2.75, 3.05) is 31.5 Å². The molecule has 0 aromatic carbocycles. The van der Waals surface area contributed by atoms with E-state index in [9.17, 15) is 26.3 Å². The lowest BCUT2D eigenvalue weighted by Crippen LogP contribution is -2.45. The Balaban J connectivity index is 1.29. The van der Waals surface area contributed by atoms with Crippen molar-refractivity contribution in [1.29, 1.82) is 0 Å². The van der Waals surface area contributed by atoms with Gasteiger partial charge in [0.25, 0.3) is 0 Å². The number of hydrogen-bond acceptors (Lipinski definition) is 5. The number of aromatic nitrogens is 2. The minimum atomic E-state index is -4.28. The van der Waals surface area contributed by atoms with Crippen molar-refractivity contribution < 1.29 is 26.3 Å². The Kier molecular flexibility index (Phi) is 7.83. The van der Waals surface area contributed by atoms with Crippen molar-refractivity contribution in [3.63, 3.8) is 0 Å². The molecule has 3 atom stereocenters. The van der Waals surface area contributed by atoms with Crippen molar-refractivity contribution in [3.05, 3.63) is 17.3 Å². The molecule has 1 N–H and O–H groups in total. The highest BCUT2D eigenvalue weighted by molar-refractivity contribution is 7.18. The first kappa shape index (κ1) is 25.8. The summed E-state index contributed by atoms with van der Waals surface area (Å²) in [6.07, 6.45) is -5.35. The minimum Gasteiger partial charge on any atom is -0.369 e. The number of nitrogens with one attached hydrogen (secondary N) is 1. The zero-order valence-electron chi connectivity index (χ0n) is 18.4. The third-order valence-electron chi connectivity index (χ3n) is 6.86. The van der Waals surface area contributed by atoms with E-state index in [-0.39, 0.29) is 11.3 Å². The van der Waals surface area contributed by atoms with Crippen LogP contribution in [0.1, 0.15) is 37.0 Å². The number of alkyl halides is 7. The van der Waals surface area contributed by atoms with Crippen LogP contribution in [0.5, 0.6) is 0 Å². The third-order valence-corrected chi connectivity index (χ3v) is 8.30. The molecular formula is C22H27ClF6N4S. The van der Waals surface area contributed by atoms with Crippen LogP contribution in [0.3, 0.4) is 0 Å². The van der Waals surface area contributed by atoms with Crippen LogP contribution in [0.2, 0.25) is 0 Å². The van der Waals surface area contributed by atoms with Gasteiger partial charge < -0.3 is 10.2 Å². The van der Waals surface area contributed by atoms with E-state index in [1.165, 1.54) is 12.4 Å². The lowest BCUT2D eigenvalue weighted by atomic mass is 9.78. The summed E-state index contributed by atoms with van der Waals surface area (Å²) in [7, 11) is 0. The van der Waals surface area contributed by atoms with Gasteiger partial charge in [-0.25, -0.2) is 9.97 Å². The van der Waals surface area contributed by atoms with Gasteiger partial charge in [-0.2, -0.15) is 26.3 Å². The number of fused-ring (bicyclic) bond motifs is 1. The molecule has 1 saturated carbocycles. The monoisotopic (exact) mass is 528 g/mol. The van der Waals surface area contributed by atoms with Gasteiger partial charge >= 0.3 is 12.4 Å². The Bertz CT molecular complexity index is 957. The Labute approximate surface area is 203 Å². The van der Waals surface area contributed by atoms with Gasteiger partial charge in [0.1, 0.15) is 17.0 Å². The summed E-state index contributed by atoms with van der Waals surface area (Å²) in [4.78, 5) is 11.1. The molecule has 4 nitrogen and oxygen atoms in total. The van der Waals surface area contributed by atoms with E-state index in [2.05, 4.69) is 20.2 Å². The summed E-state index contributed by atoms with van der Waals surface area (Å²) in [6.45, 7) is 2.50. The van der Waals surface area contributed by atoms with Crippen molar-refractivity contribution in [2.45, 2.75) is 56.3 Å². The molecule has 0 amide bonds. The molecule has 2 aromatic rings. The first-order valence-corrected chi connectivity index (χ1v) is 12.7. The maximum absolute atomic E-state index is 13.5. The molecule has 12 heteroatoms. The van der Waals surface area contributed by atoms with E-state index in [0.29, 0.717) is 47.9 Å². The van der Waals surface area contributed by atoms with Gasteiger partial charge in [0, 0.05) is 23.3 Å². The van der Waals surface area contributed by atoms with E-state index >= 15 is 0 Å². The SMILES string of the molecule is FC(F)(F)Cc1cc2c(NCC3CCN(CC4CCC(Cl)CC4C(F)(F)F)CC3)ncnc2s1. The summed E-state index contributed by atoms with van der Waals surface area (Å²) < 4.78 is 78.6. The van der Waals surface area contributed by atoms with Gasteiger partial charge in [0.05, 0.1) is 17.7 Å². The zero-order chi connectivity index (χ0) is 24.5. The van der Waals surface area contributed by atoms with E-state index < -0.39 is 36.0 Å². The smallest absolute Gasteiger partial charge is 0.369 e. The average molecular weight is 529 g/mol. The maximum Gasteiger partial charge on any atom is 0.393 e. The number of anilines is 1. The number of rotatable bonds is 6. The lowest BCUT2D eigenvalue weighted by Gasteiger charge is -2.40. The molecule has 3 unspecified atom stereocenters. The summed E-state index contributed by atoms with van der Waals surface area (Å²) >= 11 is 7.03. The summed E-state index contributed by atoms with van der Waals surface area (Å²) in [6, 6.07) is 1.49. The fraction of sp³-hybridized carbons (Fsp3) is 0.727. The summed E-state index contributed by atoms with van der Waals surface area (Å²) in [5.41, 5.74) is 0. The molecule has 2 aliphatic rings. The zero-order valence-corrected chi connectivity index (χ0v) is 20.0. The second-order valence-corrected chi connectivity index (χ2v) is 11.1. The first-order valence-electron chi connectivity index (χ1n) is 11.4. The predicted octanol–water partition coefficient (Wildman–Crippen LogP) is 6.51. The molecule has 1 aliphatic heterocycles. The van der Waals surface area contributed by atoms with E-state index in [4.69, 9.17) is 11.6 Å². The second kappa shape index (κ2) is 10.3. The van der Waals surface area contributed by atoms with E-state index in [1.807, 2.05) is 0 Å². The highest BCUT2D eigenvalue weighted by Gasteiger charge is 2.47. The van der Waals surface area contributed by atoms with E-state index in [0.717, 1.165) is 37.3 Å². The molecule has 1 saturated heterocycles. The van der Waals surface area contributed by atoms with Gasteiger partial charge in [-0.05, 0) is 63.1 Å². The van der Waals surface area contributed by atoms with Crippen LogP contribution in [0.15, 0.2) is 12.4 Å². The highest BCUT2D eigenvalue weighted by Crippen LogP contribution is 2.43. The predicted molar refractivity (Wildman–Crippen MR) is 121 cm³/mol. The lowest BCUT2D eigenvalue weighted by molar-refractivity contribution is -0.197. The molecule has 190 valence electrons. The van der Waals surface area contributed by atoms with Gasteiger partial charge in [-0.15, -0.1) is 22.9 Å². The molecule has 1 aliphatic carbocycles. The molecule has 2 fully saturated rings. The van der Waals surface area contributed by atoms with E-state index in [1.54, 1.807) is 0 Å². The fourth-order valence-corrected chi connectivity index (χ4v) is 6.42. The van der Waals surface area contributed by atoms with Crippen molar-refractivity contribution >= 4 is 39.0 Å². The number of likely N-dealkylation sites (tertiary alicyclic amines) is 1. The fourth-order valence-electron chi connectivity index (χ4n) is 5.08. The van der Waals surface area contributed by atoms with Gasteiger partial charge in [-0.3, -0.25) is 0 Å². The highest BCUT2D eigenvalue weighted by atomic mass is 35.5. The van der Waals surface area contributed by atoms with Crippen LogP contribution in [-0.4, -0.2) is 58.8 Å². The largest absolute Gasteiger partial charge is 0.393 e. The Morgan fingerprint density at radius 2 is 1.79 bits per heavy atom. The third kappa shape index (κ3) is 6.66. The van der Waals surface area contributed by atoms with Gasteiger partial charge in [0.15, 0.2) is 0 Å². The van der Waals surface area contributed by atoms with Crippen LogP contribution in [0, 0.1) is 17.8 Å². The van der Waals surface area contributed by atoms with Crippen LogP contribution in [-0.2, 0) is 6.42 Å². The first-order chi connectivity index (χ1) is 16.0. The number of nitrogens with zero attached hydrogens (tertiary/aromatic N) is 3. The van der Waals surface area contributed by atoms with Gasteiger partial charge in [0.2, 0.25) is 0 Å². The van der Waals surface area contributed by atoms with Crippen molar-refractivity contribution in [1.82, 2.24) is 14.9 Å². The molecule has 0 radical (unpaired) electrons. The van der Waals surface area contributed by atoms with Crippen molar-refractivity contribution in [3.8, 4) is 0 Å². The summed E-state index contributed by atoms with van der Waals surface area (Å²) in [5, 5.41) is 3.43. The number of hydrogen-bond donors (Lipinski definition) is 1. The minimum absolute atomic E-state index is 0.00320. The normalized spacial score (nSPS) is 25.7. The van der Waals surface area contributed by atoms with Crippen LogP contribution in [0.4, 0.5) is 32.2 Å². The number of piperidine rings is 1. The molecule has 0 spiro atoms. The molecule has 34 heavy (non-hydrogen) atoms. The second-order valence-electron chi connectivity index (χ2n) is 9.39. The Morgan fingerprint density at radius 3 is 2.47 bits per heavy atom. The van der Waals surface area contributed by atoms with Crippen LogP contribution < -0.4 is 5.32 Å². The summed E-state index contributed by atoms with van der Waals surface area (Å²) in [5.74, 6) is -0.922. The number of halogens is 7. The standard InChI is InChI=1S/C22H27ClF6N4S/c23-15-2-1-14(18(7-15)22(27,28)29)11-33-5-3-13(4-6-33)10-30-19-17-8-16(9-21(24,25)26)34-20(17)32-12-31-19/h8,12-15,18H,1-7,9-11H2,(H,30,31,32). The van der Waals surface area contributed by atoms with Gasteiger partial charge in [-0.1, -0.05) is 0 Å². The maximum atomic E-state index is 13.5. The molecule has 0 bridgehead atoms.